The number of aromatic amines is 1. The molecular formula is C19H19NO3. The number of benzene rings is 2. The second kappa shape index (κ2) is 7.01. The normalized spacial score (nSPS) is 10.7. The molecule has 0 bridgehead atoms. The molecule has 1 N–H and O–H groups in total. The maximum atomic E-state index is 11.7. The number of hydrogen-bond donors (Lipinski definition) is 1. The maximum absolute atomic E-state index is 11.7. The van der Waals surface area contributed by atoms with Crippen molar-refractivity contribution >= 4 is 16.9 Å². The molecule has 2 aromatic carbocycles. The van der Waals surface area contributed by atoms with Crippen LogP contribution in [-0.2, 0) is 22.6 Å². The number of esters is 1. The second-order valence-corrected chi connectivity index (χ2v) is 5.28. The number of carbonyl (C=O) groups excluding carboxylic acids is 1. The SMILES string of the molecule is CCOC(=O)Cc1c[nH]c2ccc(OCc3ccccc3)cc12. The summed E-state index contributed by atoms with van der Waals surface area (Å²) >= 11 is 0. The summed E-state index contributed by atoms with van der Waals surface area (Å²) in [5.74, 6) is 0.565. The molecule has 0 unspecified atom stereocenters. The highest BCUT2D eigenvalue weighted by Crippen LogP contribution is 2.25. The number of fused-ring (bicyclic) bond motifs is 1. The molecule has 1 aromatic heterocycles. The first-order chi connectivity index (χ1) is 11.3. The molecule has 1 heterocycles. The molecule has 0 saturated carbocycles. The van der Waals surface area contributed by atoms with Gasteiger partial charge in [0, 0.05) is 17.1 Å². The zero-order chi connectivity index (χ0) is 16.1. The van der Waals surface area contributed by atoms with Crippen LogP contribution < -0.4 is 4.74 Å². The van der Waals surface area contributed by atoms with E-state index < -0.39 is 0 Å². The first kappa shape index (κ1) is 15.2. The third-order valence-corrected chi connectivity index (χ3v) is 3.63. The molecule has 0 atom stereocenters. The van der Waals surface area contributed by atoms with Gasteiger partial charge in [0.25, 0.3) is 0 Å². The summed E-state index contributed by atoms with van der Waals surface area (Å²) in [6, 6.07) is 15.9. The van der Waals surface area contributed by atoms with Crippen molar-refractivity contribution < 1.29 is 14.3 Å². The van der Waals surface area contributed by atoms with E-state index in [1.165, 1.54) is 0 Å². The Labute approximate surface area is 135 Å². The van der Waals surface area contributed by atoms with Gasteiger partial charge in [-0.3, -0.25) is 4.79 Å². The highest BCUT2D eigenvalue weighted by Gasteiger charge is 2.10. The largest absolute Gasteiger partial charge is 0.489 e. The summed E-state index contributed by atoms with van der Waals surface area (Å²) in [4.78, 5) is 14.9. The third kappa shape index (κ3) is 3.72. The lowest BCUT2D eigenvalue weighted by molar-refractivity contribution is -0.142. The fourth-order valence-corrected chi connectivity index (χ4v) is 2.50. The van der Waals surface area contributed by atoms with Crippen LogP contribution in [0.2, 0.25) is 0 Å². The van der Waals surface area contributed by atoms with Gasteiger partial charge in [-0.25, -0.2) is 0 Å². The highest BCUT2D eigenvalue weighted by molar-refractivity contribution is 5.88. The van der Waals surface area contributed by atoms with Gasteiger partial charge in [-0.15, -0.1) is 0 Å². The van der Waals surface area contributed by atoms with Crippen molar-refractivity contribution in [1.29, 1.82) is 0 Å². The Morgan fingerprint density at radius 2 is 1.96 bits per heavy atom. The molecule has 0 radical (unpaired) electrons. The molecule has 0 spiro atoms. The van der Waals surface area contributed by atoms with Gasteiger partial charge in [-0.2, -0.15) is 0 Å². The average Bonchev–Trinajstić information content (AvgIpc) is 2.96. The fourth-order valence-electron chi connectivity index (χ4n) is 2.50. The van der Waals surface area contributed by atoms with Crippen molar-refractivity contribution in [2.24, 2.45) is 0 Å². The Bertz CT molecular complexity index is 793. The Hall–Kier alpha value is -2.75. The molecule has 0 aliphatic rings. The number of rotatable bonds is 6. The summed E-state index contributed by atoms with van der Waals surface area (Å²) in [5, 5.41) is 0.989. The van der Waals surface area contributed by atoms with E-state index >= 15 is 0 Å². The van der Waals surface area contributed by atoms with Crippen LogP contribution in [0.1, 0.15) is 18.1 Å². The van der Waals surface area contributed by atoms with E-state index in [4.69, 9.17) is 9.47 Å². The van der Waals surface area contributed by atoms with E-state index in [0.717, 1.165) is 27.8 Å². The van der Waals surface area contributed by atoms with Crippen LogP contribution in [0.4, 0.5) is 0 Å². The predicted octanol–water partition coefficient (Wildman–Crippen LogP) is 3.85. The summed E-state index contributed by atoms with van der Waals surface area (Å²) < 4.78 is 10.9. The van der Waals surface area contributed by atoms with Gasteiger partial charge in [-0.05, 0) is 36.2 Å². The van der Waals surface area contributed by atoms with Crippen LogP contribution >= 0.6 is 0 Å². The van der Waals surface area contributed by atoms with Gasteiger partial charge in [0.15, 0.2) is 0 Å². The van der Waals surface area contributed by atoms with Gasteiger partial charge in [0.2, 0.25) is 0 Å². The Morgan fingerprint density at radius 3 is 2.74 bits per heavy atom. The van der Waals surface area contributed by atoms with Crippen molar-refractivity contribution in [3.63, 3.8) is 0 Å². The molecule has 4 heteroatoms. The molecule has 118 valence electrons. The number of carbonyl (C=O) groups is 1. The topological polar surface area (TPSA) is 51.3 Å². The number of ether oxygens (including phenoxy) is 2. The van der Waals surface area contributed by atoms with Crippen LogP contribution in [0.5, 0.6) is 5.75 Å². The lowest BCUT2D eigenvalue weighted by atomic mass is 10.1. The molecule has 23 heavy (non-hydrogen) atoms. The molecule has 0 aliphatic heterocycles. The monoisotopic (exact) mass is 309 g/mol. The smallest absolute Gasteiger partial charge is 0.310 e. The molecule has 0 aliphatic carbocycles. The van der Waals surface area contributed by atoms with E-state index in [0.29, 0.717) is 13.2 Å². The fraction of sp³-hybridized carbons (Fsp3) is 0.211. The maximum Gasteiger partial charge on any atom is 0.310 e. The number of hydrogen-bond acceptors (Lipinski definition) is 3. The Morgan fingerprint density at radius 1 is 1.13 bits per heavy atom. The van der Waals surface area contributed by atoms with Crippen LogP contribution in [0.25, 0.3) is 10.9 Å². The minimum atomic E-state index is -0.219. The highest BCUT2D eigenvalue weighted by atomic mass is 16.5. The van der Waals surface area contributed by atoms with Gasteiger partial charge < -0.3 is 14.5 Å². The molecular weight excluding hydrogens is 290 g/mol. The van der Waals surface area contributed by atoms with E-state index in [-0.39, 0.29) is 12.4 Å². The van der Waals surface area contributed by atoms with Crippen molar-refractivity contribution in [3.05, 3.63) is 65.9 Å². The van der Waals surface area contributed by atoms with Crippen molar-refractivity contribution in [3.8, 4) is 5.75 Å². The summed E-state index contributed by atoms with van der Waals surface area (Å²) in [7, 11) is 0. The predicted molar refractivity (Wildman–Crippen MR) is 89.4 cm³/mol. The lowest BCUT2D eigenvalue weighted by Gasteiger charge is -2.07. The van der Waals surface area contributed by atoms with Crippen molar-refractivity contribution in [1.82, 2.24) is 4.98 Å². The first-order valence-electron chi connectivity index (χ1n) is 7.68. The molecule has 4 nitrogen and oxygen atoms in total. The number of aromatic nitrogens is 1. The summed E-state index contributed by atoms with van der Waals surface area (Å²) in [6.45, 7) is 2.72. The molecule has 0 amide bonds. The summed E-state index contributed by atoms with van der Waals surface area (Å²) in [6.07, 6.45) is 2.11. The van der Waals surface area contributed by atoms with Crippen LogP contribution in [0.3, 0.4) is 0 Å². The third-order valence-electron chi connectivity index (χ3n) is 3.63. The van der Waals surface area contributed by atoms with Gasteiger partial charge in [0.1, 0.15) is 12.4 Å². The van der Waals surface area contributed by atoms with Crippen molar-refractivity contribution in [2.45, 2.75) is 20.0 Å². The van der Waals surface area contributed by atoms with Gasteiger partial charge >= 0.3 is 5.97 Å². The zero-order valence-corrected chi connectivity index (χ0v) is 13.0. The van der Waals surface area contributed by atoms with E-state index in [1.807, 2.05) is 61.7 Å². The summed E-state index contributed by atoms with van der Waals surface area (Å²) in [5.41, 5.74) is 3.02. The van der Waals surface area contributed by atoms with Crippen LogP contribution in [0.15, 0.2) is 54.7 Å². The molecule has 0 saturated heterocycles. The van der Waals surface area contributed by atoms with Gasteiger partial charge in [0.05, 0.1) is 13.0 Å². The van der Waals surface area contributed by atoms with Crippen LogP contribution in [0, 0.1) is 0 Å². The lowest BCUT2D eigenvalue weighted by Crippen LogP contribution is -2.06. The minimum absolute atomic E-state index is 0.219. The number of nitrogens with one attached hydrogen (secondary N) is 1. The Kier molecular flexibility index (Phi) is 4.62. The molecule has 3 aromatic rings. The average molecular weight is 309 g/mol. The first-order valence-corrected chi connectivity index (χ1v) is 7.68. The van der Waals surface area contributed by atoms with E-state index in [2.05, 4.69) is 4.98 Å². The van der Waals surface area contributed by atoms with Gasteiger partial charge in [-0.1, -0.05) is 30.3 Å². The van der Waals surface area contributed by atoms with E-state index in [1.54, 1.807) is 0 Å². The standard InChI is InChI=1S/C19H19NO3/c1-2-22-19(21)10-15-12-20-18-9-8-16(11-17(15)18)23-13-14-6-4-3-5-7-14/h3-9,11-12,20H,2,10,13H2,1H3. The molecule has 3 rings (SSSR count). The molecule has 0 fully saturated rings. The Balaban J connectivity index is 1.76. The quantitative estimate of drug-likeness (QED) is 0.704. The van der Waals surface area contributed by atoms with Crippen molar-refractivity contribution in [2.75, 3.05) is 6.61 Å². The second-order valence-electron chi connectivity index (χ2n) is 5.28. The van der Waals surface area contributed by atoms with E-state index in [9.17, 15) is 4.79 Å². The minimum Gasteiger partial charge on any atom is -0.489 e. The number of H-pyrrole nitrogens is 1. The zero-order valence-electron chi connectivity index (χ0n) is 13.0. The van der Waals surface area contributed by atoms with Crippen LogP contribution in [-0.4, -0.2) is 17.6 Å².